The third-order valence-electron chi connectivity index (χ3n) is 9.48. The minimum atomic E-state index is -4.25. The van der Waals surface area contributed by atoms with Crippen molar-refractivity contribution in [2.24, 2.45) is 7.05 Å². The number of rotatable bonds is 13. The van der Waals surface area contributed by atoms with Crippen LogP contribution in [0.5, 0.6) is 0 Å². The van der Waals surface area contributed by atoms with E-state index in [0.29, 0.717) is 41.7 Å². The van der Waals surface area contributed by atoms with Crippen LogP contribution in [0.1, 0.15) is 42.6 Å². The molecule has 5 heterocycles. The predicted molar refractivity (Wildman–Crippen MR) is 204 cm³/mol. The molecule has 0 radical (unpaired) electrons. The summed E-state index contributed by atoms with van der Waals surface area (Å²) in [6.45, 7) is 3.09. The van der Waals surface area contributed by atoms with Crippen molar-refractivity contribution in [3.05, 3.63) is 135 Å². The number of hydrogen-bond donors (Lipinski definition) is 4. The second-order valence-corrected chi connectivity index (χ2v) is 15.1. The summed E-state index contributed by atoms with van der Waals surface area (Å²) in [4.78, 5) is 43.2. The highest BCUT2D eigenvalue weighted by molar-refractivity contribution is 7.92. The molecule has 7 rings (SSSR count). The molecule has 4 N–H and O–H groups in total. The largest absolute Gasteiger partial charge is 0.381 e. The minimum absolute atomic E-state index is 0.0482. The van der Waals surface area contributed by atoms with Crippen LogP contribution in [0.2, 0.25) is 0 Å². The fraction of sp³-hybridized carbons (Fsp3) is 0.263. The second-order valence-electron chi connectivity index (χ2n) is 13.4. The number of aryl methyl sites for hydroxylation is 1. The van der Waals surface area contributed by atoms with Crippen molar-refractivity contribution in [3.8, 4) is 16.9 Å². The first kappa shape index (κ1) is 38.5. The van der Waals surface area contributed by atoms with E-state index in [2.05, 4.69) is 41.0 Å². The van der Waals surface area contributed by atoms with Gasteiger partial charge in [0, 0.05) is 80.7 Å². The smallest absolute Gasteiger partial charge is 0.337 e. The molecule has 18 heteroatoms. The number of pyridine rings is 2. The topological polar surface area (TPSA) is 187 Å². The first-order valence-corrected chi connectivity index (χ1v) is 19.2. The summed E-state index contributed by atoms with van der Waals surface area (Å²) in [6.07, 6.45) is 10.1. The van der Waals surface area contributed by atoms with Crippen molar-refractivity contribution >= 4 is 26.6 Å². The molecule has 1 aliphatic rings. The highest BCUT2D eigenvalue weighted by Crippen LogP contribution is 2.27. The maximum Gasteiger partial charge on any atom is 0.337 e. The summed E-state index contributed by atoms with van der Waals surface area (Å²) >= 11 is 0. The number of ether oxygens (including phenoxy) is 1. The molecule has 56 heavy (non-hydrogen) atoms. The van der Waals surface area contributed by atoms with Crippen LogP contribution in [0.25, 0.3) is 27.8 Å². The van der Waals surface area contributed by atoms with Crippen LogP contribution in [0, 0.1) is 11.6 Å². The molecule has 0 unspecified atom stereocenters. The Labute approximate surface area is 319 Å². The van der Waals surface area contributed by atoms with E-state index in [4.69, 9.17) is 4.74 Å². The molecule has 290 valence electrons. The molecule has 15 nitrogen and oxygen atoms in total. The van der Waals surface area contributed by atoms with E-state index in [1.165, 1.54) is 29.1 Å². The van der Waals surface area contributed by atoms with Crippen molar-refractivity contribution in [2.75, 3.05) is 17.9 Å². The molecule has 6 aromatic rings. The number of hydrogen-bond acceptors (Lipinski definition) is 12. The van der Waals surface area contributed by atoms with Gasteiger partial charge in [-0.25, -0.2) is 52.4 Å². The van der Waals surface area contributed by atoms with E-state index in [0.717, 1.165) is 40.9 Å². The number of halogens is 2. The van der Waals surface area contributed by atoms with E-state index in [-0.39, 0.29) is 34.8 Å². The summed E-state index contributed by atoms with van der Waals surface area (Å²) in [5, 5.41) is 0.338. The monoisotopic (exact) mass is 784 g/mol. The minimum Gasteiger partial charge on any atom is -0.381 e. The summed E-state index contributed by atoms with van der Waals surface area (Å²) in [5.41, 5.74) is 9.53. The number of sulfonamides is 1. The molecule has 1 fully saturated rings. The lowest BCUT2D eigenvalue weighted by Gasteiger charge is -2.20. The van der Waals surface area contributed by atoms with E-state index in [1.54, 1.807) is 56.0 Å². The molecule has 0 aliphatic carbocycles. The molecular formula is C38H38F2N10O5S. The molecular weight excluding hydrogens is 747 g/mol. The Bertz CT molecular complexity index is 2580. The number of nitrogens with one attached hydrogen (secondary N) is 4. The molecule has 1 atom stereocenters. The molecule has 1 saturated heterocycles. The van der Waals surface area contributed by atoms with Crippen LogP contribution < -0.4 is 32.4 Å². The number of benzene rings is 2. The normalized spacial score (nSPS) is 14.2. The molecule has 0 saturated carbocycles. The van der Waals surface area contributed by atoms with Crippen LogP contribution in [-0.4, -0.2) is 56.7 Å². The standard InChI is InChI=1S/C38H38F2N10O5S/c1-23(15-24-3-8-35(42-18-24)50-37(51)30-9-12-41-22-34(30)49(2)38(50)52)46-48-45-21-27-16-32(40)33(17-31(27)39)47-56(53,54)29-6-4-25(5-7-29)28-19-43-36(44-20-28)26-10-13-55-14-11-26/h3-9,12,16-20,22-23,26,45-48H,10-11,13-15,21H2,1-2H3/t23-/m0/s1. The van der Waals surface area contributed by atoms with Crippen LogP contribution in [0.4, 0.5) is 14.5 Å². The maximum atomic E-state index is 15.1. The van der Waals surface area contributed by atoms with Gasteiger partial charge in [-0.1, -0.05) is 18.2 Å². The summed E-state index contributed by atoms with van der Waals surface area (Å²) in [5.74, 6) is -0.605. The lowest BCUT2D eigenvalue weighted by molar-refractivity contribution is 0.0836. The Morgan fingerprint density at radius 2 is 1.66 bits per heavy atom. The Balaban J connectivity index is 0.905. The van der Waals surface area contributed by atoms with Crippen LogP contribution in [0.3, 0.4) is 0 Å². The third kappa shape index (κ3) is 8.38. The first-order chi connectivity index (χ1) is 27.0. The lowest BCUT2D eigenvalue weighted by Crippen LogP contribution is -2.48. The third-order valence-corrected chi connectivity index (χ3v) is 10.9. The summed E-state index contributed by atoms with van der Waals surface area (Å²) < 4.78 is 66.1. The number of anilines is 1. The zero-order chi connectivity index (χ0) is 39.4. The van der Waals surface area contributed by atoms with Crippen molar-refractivity contribution in [1.82, 2.24) is 45.5 Å². The Hall–Kier alpha value is -5.79. The Kier molecular flexibility index (Phi) is 11.4. The summed E-state index contributed by atoms with van der Waals surface area (Å²) in [7, 11) is -2.69. The average Bonchev–Trinajstić information content (AvgIpc) is 3.21. The zero-order valence-corrected chi connectivity index (χ0v) is 31.2. The molecule has 0 amide bonds. The molecule has 2 aromatic carbocycles. The zero-order valence-electron chi connectivity index (χ0n) is 30.4. The van der Waals surface area contributed by atoms with Gasteiger partial charge in [-0.3, -0.25) is 19.1 Å². The highest BCUT2D eigenvalue weighted by Gasteiger charge is 2.21. The fourth-order valence-electron chi connectivity index (χ4n) is 6.37. The first-order valence-electron chi connectivity index (χ1n) is 17.7. The highest BCUT2D eigenvalue weighted by atomic mass is 32.2. The van der Waals surface area contributed by atoms with Crippen LogP contribution >= 0.6 is 0 Å². The summed E-state index contributed by atoms with van der Waals surface area (Å²) in [6, 6.07) is 12.4. The van der Waals surface area contributed by atoms with E-state index >= 15 is 8.78 Å². The quantitative estimate of drug-likeness (QED) is 0.0986. The van der Waals surface area contributed by atoms with Gasteiger partial charge in [0.1, 0.15) is 23.3 Å². The van der Waals surface area contributed by atoms with Crippen molar-refractivity contribution in [3.63, 3.8) is 0 Å². The predicted octanol–water partition coefficient (Wildman–Crippen LogP) is 3.64. The fourth-order valence-corrected chi connectivity index (χ4v) is 7.43. The average molecular weight is 785 g/mol. The van der Waals surface area contributed by atoms with E-state index < -0.39 is 38.6 Å². The van der Waals surface area contributed by atoms with Crippen LogP contribution in [-0.2, 0) is 34.8 Å². The van der Waals surface area contributed by atoms with Gasteiger partial charge in [0.2, 0.25) is 0 Å². The van der Waals surface area contributed by atoms with Gasteiger partial charge in [0.25, 0.3) is 15.6 Å². The Morgan fingerprint density at radius 3 is 2.38 bits per heavy atom. The van der Waals surface area contributed by atoms with Crippen molar-refractivity contribution in [2.45, 2.75) is 49.6 Å². The van der Waals surface area contributed by atoms with E-state index in [1.807, 2.05) is 6.92 Å². The van der Waals surface area contributed by atoms with Crippen LogP contribution in [0.15, 0.2) is 100 Å². The molecule has 4 aromatic heterocycles. The SMILES string of the molecule is C[C@@H](Cc1ccc(-n2c(=O)c3ccncc3n(C)c2=O)nc1)NNNCc1cc(F)c(NS(=O)(=O)c2ccc(-c3cnc(C4CCOCC4)nc3)cc2)cc1F. The van der Waals surface area contributed by atoms with Gasteiger partial charge >= 0.3 is 5.69 Å². The van der Waals surface area contributed by atoms with Crippen molar-refractivity contribution in [1.29, 1.82) is 0 Å². The number of hydrazine groups is 2. The number of aromatic nitrogens is 6. The van der Waals surface area contributed by atoms with E-state index in [9.17, 15) is 18.0 Å². The molecule has 0 spiro atoms. The second kappa shape index (κ2) is 16.5. The molecule has 0 bridgehead atoms. The van der Waals surface area contributed by atoms with Gasteiger partial charge < -0.3 is 4.74 Å². The lowest BCUT2D eigenvalue weighted by atomic mass is 9.99. The number of fused-ring (bicyclic) bond motifs is 1. The van der Waals surface area contributed by atoms with Gasteiger partial charge in [-0.15, -0.1) is 0 Å². The van der Waals surface area contributed by atoms with Gasteiger partial charge in [-0.2, -0.15) is 5.53 Å². The van der Waals surface area contributed by atoms with Gasteiger partial charge in [0.05, 0.1) is 27.7 Å². The Morgan fingerprint density at radius 1 is 0.911 bits per heavy atom. The van der Waals surface area contributed by atoms with Gasteiger partial charge in [-0.05, 0) is 67.6 Å². The van der Waals surface area contributed by atoms with Gasteiger partial charge in [0.15, 0.2) is 0 Å². The molecule has 1 aliphatic heterocycles. The number of nitrogens with zero attached hydrogens (tertiary/aromatic N) is 6. The van der Waals surface area contributed by atoms with Crippen molar-refractivity contribution < 1.29 is 21.9 Å². The maximum absolute atomic E-state index is 15.1.